The summed E-state index contributed by atoms with van der Waals surface area (Å²) in [5.74, 6) is -0.435. The molecule has 6 nitrogen and oxygen atoms in total. The summed E-state index contributed by atoms with van der Waals surface area (Å²) in [5.41, 5.74) is 2.87. The lowest BCUT2D eigenvalue weighted by Crippen LogP contribution is -2.55. The smallest absolute Gasteiger partial charge is 0.245 e. The number of carbonyl (C=O) groups is 1. The number of carbonyl (C=O) groups excluding carboxylic acids is 1. The predicted molar refractivity (Wildman–Crippen MR) is 121 cm³/mol. The van der Waals surface area contributed by atoms with E-state index in [0.717, 1.165) is 34.6 Å². The van der Waals surface area contributed by atoms with Crippen molar-refractivity contribution in [3.63, 3.8) is 0 Å². The number of fused-ring (bicyclic) bond motifs is 3. The molecule has 0 saturated carbocycles. The largest absolute Gasteiger partial charge is 0.341 e. The summed E-state index contributed by atoms with van der Waals surface area (Å²) in [5, 5.41) is 8.20. The van der Waals surface area contributed by atoms with Gasteiger partial charge >= 0.3 is 0 Å². The summed E-state index contributed by atoms with van der Waals surface area (Å²) < 4.78 is 25.8. The molecule has 0 radical (unpaired) electrons. The molecule has 4 rings (SSSR count). The molecular formula is C21H26ClN3O3S. The van der Waals surface area contributed by atoms with Gasteiger partial charge in [0.25, 0.3) is 0 Å². The highest BCUT2D eigenvalue weighted by Crippen LogP contribution is 2.33. The first kappa shape index (κ1) is 21.6. The van der Waals surface area contributed by atoms with E-state index in [1.54, 1.807) is 0 Å². The number of benzene rings is 2. The van der Waals surface area contributed by atoms with E-state index in [2.05, 4.69) is 34.3 Å². The molecule has 2 N–H and O–H groups in total. The summed E-state index contributed by atoms with van der Waals surface area (Å²) in [6, 6.07) is 14.0. The molecule has 0 atom stereocenters. The van der Waals surface area contributed by atoms with Crippen LogP contribution in [0.15, 0.2) is 42.5 Å². The Labute approximate surface area is 177 Å². The van der Waals surface area contributed by atoms with Gasteiger partial charge in [-0.25, -0.2) is 8.42 Å². The second kappa shape index (κ2) is 7.97. The Morgan fingerprint density at radius 1 is 1.10 bits per heavy atom. The minimum atomic E-state index is -3.54. The van der Waals surface area contributed by atoms with Crippen LogP contribution in [0.3, 0.4) is 0 Å². The third-order valence-electron chi connectivity index (χ3n) is 5.88. The van der Waals surface area contributed by atoms with Crippen molar-refractivity contribution in [1.29, 1.82) is 0 Å². The highest BCUT2D eigenvalue weighted by molar-refractivity contribution is 7.92. The highest BCUT2D eigenvalue weighted by atomic mass is 35.5. The summed E-state index contributed by atoms with van der Waals surface area (Å²) in [7, 11) is -3.54. The number of anilines is 1. The number of sulfone groups is 1. The van der Waals surface area contributed by atoms with E-state index in [-0.39, 0.29) is 25.2 Å². The Bertz CT molecular complexity index is 1160. The number of hydrogen-bond donors (Lipinski definition) is 2. The van der Waals surface area contributed by atoms with Crippen LogP contribution in [0.2, 0.25) is 0 Å². The Kier molecular flexibility index (Phi) is 5.94. The molecule has 2 aromatic carbocycles. The van der Waals surface area contributed by atoms with Crippen LogP contribution in [0, 0.1) is 0 Å². The van der Waals surface area contributed by atoms with Gasteiger partial charge in [-0.3, -0.25) is 4.79 Å². The average molecular weight is 436 g/mol. The summed E-state index contributed by atoms with van der Waals surface area (Å²) >= 11 is 0. The topological polar surface area (TPSA) is 80.2 Å². The van der Waals surface area contributed by atoms with E-state index in [1.807, 2.05) is 30.3 Å². The van der Waals surface area contributed by atoms with Crippen LogP contribution in [0.4, 0.5) is 5.69 Å². The van der Waals surface area contributed by atoms with Crippen molar-refractivity contribution in [3.8, 4) is 0 Å². The Hall–Kier alpha value is -2.09. The maximum Gasteiger partial charge on any atom is 0.245 e. The van der Waals surface area contributed by atoms with Gasteiger partial charge < -0.3 is 15.2 Å². The van der Waals surface area contributed by atoms with Crippen molar-refractivity contribution in [2.75, 3.05) is 24.7 Å². The zero-order chi connectivity index (χ0) is 19.9. The molecule has 1 fully saturated rings. The van der Waals surface area contributed by atoms with E-state index in [0.29, 0.717) is 18.8 Å². The Balaban J connectivity index is 0.00000240. The third-order valence-corrected chi connectivity index (χ3v) is 7.89. The molecule has 2 heterocycles. The van der Waals surface area contributed by atoms with Gasteiger partial charge in [0.05, 0.1) is 0 Å². The van der Waals surface area contributed by atoms with Crippen molar-refractivity contribution in [2.24, 2.45) is 0 Å². The van der Waals surface area contributed by atoms with Crippen LogP contribution in [0.25, 0.3) is 21.8 Å². The summed E-state index contributed by atoms with van der Waals surface area (Å²) in [4.78, 5) is 13.1. The molecule has 0 bridgehead atoms. The second-order valence-corrected chi connectivity index (χ2v) is 9.79. The van der Waals surface area contributed by atoms with Crippen LogP contribution in [0.1, 0.15) is 19.8 Å². The predicted octanol–water partition coefficient (Wildman–Crippen LogP) is 3.34. The Morgan fingerprint density at radius 3 is 2.41 bits per heavy atom. The minimum Gasteiger partial charge on any atom is -0.341 e. The average Bonchev–Trinajstić information content (AvgIpc) is 3.00. The normalized spacial score (nSPS) is 16.5. The lowest BCUT2D eigenvalue weighted by Gasteiger charge is -2.34. The number of nitrogens with zero attached hydrogens (tertiary/aromatic N) is 1. The van der Waals surface area contributed by atoms with Gasteiger partial charge in [-0.05, 0) is 57.1 Å². The molecule has 1 aliphatic rings. The quantitative estimate of drug-likeness (QED) is 0.658. The number of para-hydroxylation sites is 1. The molecule has 0 spiro atoms. The SMILES string of the molecule is CCn1c2ccccc2c2cc(NC(=O)C3(S(C)(=O)=O)CCNCC3)ccc21.Cl. The van der Waals surface area contributed by atoms with Gasteiger partial charge in [-0.1, -0.05) is 18.2 Å². The van der Waals surface area contributed by atoms with Gasteiger partial charge in [0.2, 0.25) is 5.91 Å². The van der Waals surface area contributed by atoms with Crippen LogP contribution >= 0.6 is 12.4 Å². The first-order chi connectivity index (χ1) is 13.4. The van der Waals surface area contributed by atoms with Crippen molar-refractivity contribution in [1.82, 2.24) is 9.88 Å². The molecule has 0 unspecified atom stereocenters. The lowest BCUT2D eigenvalue weighted by atomic mass is 9.95. The molecule has 0 aliphatic carbocycles. The molecule has 8 heteroatoms. The van der Waals surface area contributed by atoms with Crippen LogP contribution in [0.5, 0.6) is 0 Å². The summed E-state index contributed by atoms with van der Waals surface area (Å²) in [6.07, 6.45) is 1.74. The van der Waals surface area contributed by atoms with Crippen LogP contribution < -0.4 is 10.6 Å². The van der Waals surface area contributed by atoms with Gasteiger partial charge in [-0.15, -0.1) is 12.4 Å². The van der Waals surface area contributed by atoms with E-state index in [1.165, 1.54) is 0 Å². The van der Waals surface area contributed by atoms with Gasteiger partial charge in [0.15, 0.2) is 14.6 Å². The van der Waals surface area contributed by atoms with Gasteiger partial charge in [0, 0.05) is 40.3 Å². The van der Waals surface area contributed by atoms with Crippen molar-refractivity contribution in [3.05, 3.63) is 42.5 Å². The van der Waals surface area contributed by atoms with Crippen molar-refractivity contribution < 1.29 is 13.2 Å². The van der Waals surface area contributed by atoms with Crippen LogP contribution in [-0.2, 0) is 21.2 Å². The second-order valence-electron chi connectivity index (χ2n) is 7.46. The van der Waals surface area contributed by atoms with Crippen LogP contribution in [-0.4, -0.2) is 43.0 Å². The third kappa shape index (κ3) is 3.52. The zero-order valence-corrected chi connectivity index (χ0v) is 18.2. The number of aryl methyl sites for hydroxylation is 1. The maximum atomic E-state index is 13.1. The number of halogens is 1. The number of rotatable bonds is 4. The van der Waals surface area contributed by atoms with Crippen molar-refractivity contribution >= 4 is 55.6 Å². The van der Waals surface area contributed by atoms with Gasteiger partial charge in [-0.2, -0.15) is 0 Å². The summed E-state index contributed by atoms with van der Waals surface area (Å²) in [6.45, 7) is 3.99. The molecule has 1 amide bonds. The van der Waals surface area contributed by atoms with Gasteiger partial charge in [0.1, 0.15) is 0 Å². The van der Waals surface area contributed by atoms with E-state index in [4.69, 9.17) is 0 Å². The first-order valence-electron chi connectivity index (χ1n) is 9.60. The minimum absolute atomic E-state index is 0. The molecule has 29 heavy (non-hydrogen) atoms. The fraction of sp³-hybridized carbons (Fsp3) is 0.381. The van der Waals surface area contributed by atoms with E-state index < -0.39 is 20.5 Å². The highest BCUT2D eigenvalue weighted by Gasteiger charge is 2.48. The molecule has 156 valence electrons. The molecule has 1 aliphatic heterocycles. The van der Waals surface area contributed by atoms with Crippen molar-refractivity contribution in [2.45, 2.75) is 31.1 Å². The maximum absolute atomic E-state index is 13.1. The number of piperidine rings is 1. The monoisotopic (exact) mass is 435 g/mol. The molecule has 1 saturated heterocycles. The number of aromatic nitrogens is 1. The number of amides is 1. The zero-order valence-electron chi connectivity index (χ0n) is 16.6. The standard InChI is InChI=1S/C21H25N3O3S.ClH/c1-3-24-18-7-5-4-6-16(18)17-14-15(8-9-19(17)24)23-20(25)21(28(2,26)27)10-12-22-13-11-21;/h4-9,14,22H,3,10-13H2,1-2H3,(H,23,25);1H. The fourth-order valence-electron chi connectivity index (χ4n) is 4.31. The fourth-order valence-corrected chi connectivity index (χ4v) is 5.65. The van der Waals surface area contributed by atoms with E-state index >= 15 is 0 Å². The number of nitrogens with one attached hydrogen (secondary N) is 2. The first-order valence-corrected chi connectivity index (χ1v) is 11.5. The number of hydrogen-bond acceptors (Lipinski definition) is 4. The lowest BCUT2D eigenvalue weighted by molar-refractivity contribution is -0.119. The van der Waals surface area contributed by atoms with E-state index in [9.17, 15) is 13.2 Å². The molecule has 1 aromatic heterocycles. The molecular weight excluding hydrogens is 410 g/mol. The molecule has 3 aromatic rings. The Morgan fingerprint density at radius 2 is 1.76 bits per heavy atom.